The number of unbranched alkanes of at least 4 members (excludes halogenated alkanes) is 5. The van der Waals surface area contributed by atoms with Crippen LogP contribution in [0.5, 0.6) is 5.75 Å². The maximum atomic E-state index is 9.43. The van der Waals surface area contributed by atoms with E-state index in [4.69, 9.17) is 0 Å². The maximum absolute atomic E-state index is 9.43. The summed E-state index contributed by atoms with van der Waals surface area (Å²) in [6.45, 7) is 6.72. The minimum atomic E-state index is 0.321. The summed E-state index contributed by atoms with van der Waals surface area (Å²) in [7, 11) is 0. The van der Waals surface area contributed by atoms with Gasteiger partial charge in [-0.1, -0.05) is 63.3 Å². The predicted molar refractivity (Wildman–Crippen MR) is 100 cm³/mol. The summed E-state index contributed by atoms with van der Waals surface area (Å²) in [6, 6.07) is 12.0. The van der Waals surface area contributed by atoms with Gasteiger partial charge in [0, 0.05) is 0 Å². The van der Waals surface area contributed by atoms with Crippen molar-refractivity contribution in [3.8, 4) is 16.9 Å². The number of phenolic OH excluding ortho intramolecular Hbond substituents is 1. The lowest BCUT2D eigenvalue weighted by Gasteiger charge is -2.13. The number of aryl methyl sites for hydroxylation is 2. The van der Waals surface area contributed by atoms with Gasteiger partial charge >= 0.3 is 0 Å². The monoisotopic (exact) mass is 310 g/mol. The Kier molecular flexibility index (Phi) is 6.70. The molecule has 2 aromatic rings. The van der Waals surface area contributed by atoms with Crippen molar-refractivity contribution in [1.82, 2.24) is 0 Å². The molecule has 1 nitrogen and oxygen atoms in total. The standard InChI is InChI=1S/C22H30O/c1-4-5-6-7-8-9-10-22-17(2)15-20(16-18(22)3)19-11-13-21(23)14-12-19/h11-16,23H,4-10H2,1-3H3. The fourth-order valence-corrected chi connectivity index (χ4v) is 3.29. The van der Waals surface area contributed by atoms with Gasteiger partial charge in [-0.25, -0.2) is 0 Å². The summed E-state index contributed by atoms with van der Waals surface area (Å²) in [5.74, 6) is 0.321. The molecule has 0 bridgehead atoms. The molecule has 124 valence electrons. The Morgan fingerprint density at radius 1 is 0.739 bits per heavy atom. The second-order valence-electron chi connectivity index (χ2n) is 6.65. The van der Waals surface area contributed by atoms with Crippen LogP contribution in [-0.4, -0.2) is 5.11 Å². The lowest BCUT2D eigenvalue weighted by Crippen LogP contribution is -1.96. The normalized spacial score (nSPS) is 10.9. The van der Waals surface area contributed by atoms with Crippen LogP contribution in [0.15, 0.2) is 36.4 Å². The molecule has 2 aromatic carbocycles. The van der Waals surface area contributed by atoms with Gasteiger partial charge < -0.3 is 5.11 Å². The minimum Gasteiger partial charge on any atom is -0.508 e. The van der Waals surface area contributed by atoms with Gasteiger partial charge in [0.2, 0.25) is 0 Å². The molecule has 0 saturated heterocycles. The molecule has 23 heavy (non-hydrogen) atoms. The SMILES string of the molecule is CCCCCCCCc1c(C)cc(-c2ccc(O)cc2)cc1C. The first-order valence-corrected chi connectivity index (χ1v) is 9.01. The highest BCUT2D eigenvalue weighted by atomic mass is 16.3. The third kappa shape index (κ3) is 5.13. The molecule has 1 N–H and O–H groups in total. The molecule has 0 heterocycles. The quantitative estimate of drug-likeness (QED) is 0.546. The van der Waals surface area contributed by atoms with E-state index in [-0.39, 0.29) is 0 Å². The van der Waals surface area contributed by atoms with Gasteiger partial charge in [-0.2, -0.15) is 0 Å². The van der Waals surface area contributed by atoms with E-state index < -0.39 is 0 Å². The van der Waals surface area contributed by atoms with Gasteiger partial charge in [0.15, 0.2) is 0 Å². The molecule has 1 heteroatoms. The molecule has 0 aliphatic rings. The summed E-state index contributed by atoms with van der Waals surface area (Å²) in [5, 5.41) is 9.43. The lowest BCUT2D eigenvalue weighted by atomic mass is 9.92. The average molecular weight is 310 g/mol. The van der Waals surface area contributed by atoms with E-state index >= 15 is 0 Å². The third-order valence-corrected chi connectivity index (χ3v) is 4.68. The fourth-order valence-electron chi connectivity index (χ4n) is 3.29. The van der Waals surface area contributed by atoms with Crippen LogP contribution in [0.25, 0.3) is 11.1 Å². The first-order chi connectivity index (χ1) is 11.1. The summed E-state index contributed by atoms with van der Waals surface area (Å²) < 4.78 is 0. The van der Waals surface area contributed by atoms with Crippen molar-refractivity contribution in [1.29, 1.82) is 0 Å². The largest absolute Gasteiger partial charge is 0.508 e. The van der Waals surface area contributed by atoms with Gasteiger partial charge in [-0.3, -0.25) is 0 Å². The van der Waals surface area contributed by atoms with Crippen molar-refractivity contribution < 1.29 is 5.11 Å². The molecule has 0 unspecified atom stereocenters. The summed E-state index contributed by atoms with van der Waals surface area (Å²) in [6.07, 6.45) is 9.28. The van der Waals surface area contributed by atoms with Crippen LogP contribution < -0.4 is 0 Å². The van der Waals surface area contributed by atoms with E-state index in [0.29, 0.717) is 5.75 Å². The zero-order valence-corrected chi connectivity index (χ0v) is 14.9. The smallest absolute Gasteiger partial charge is 0.115 e. The Morgan fingerprint density at radius 2 is 1.30 bits per heavy atom. The van der Waals surface area contributed by atoms with E-state index in [2.05, 4.69) is 32.9 Å². The third-order valence-electron chi connectivity index (χ3n) is 4.68. The summed E-state index contributed by atoms with van der Waals surface area (Å²) >= 11 is 0. The number of phenols is 1. The molecule has 0 aliphatic carbocycles. The van der Waals surface area contributed by atoms with Gasteiger partial charge in [-0.05, 0) is 66.6 Å². The topological polar surface area (TPSA) is 20.2 Å². The number of hydrogen-bond donors (Lipinski definition) is 1. The Balaban J connectivity index is 2.01. The highest BCUT2D eigenvalue weighted by molar-refractivity contribution is 5.66. The molecule has 0 aliphatic heterocycles. The van der Waals surface area contributed by atoms with Gasteiger partial charge in [-0.15, -0.1) is 0 Å². The highest BCUT2D eigenvalue weighted by Crippen LogP contribution is 2.27. The van der Waals surface area contributed by atoms with Crippen LogP contribution >= 0.6 is 0 Å². The predicted octanol–water partition coefficient (Wildman–Crippen LogP) is 6.58. The number of rotatable bonds is 8. The molecule has 0 aromatic heterocycles. The zero-order chi connectivity index (χ0) is 16.7. The van der Waals surface area contributed by atoms with Crippen LogP contribution in [0.3, 0.4) is 0 Å². The molecular weight excluding hydrogens is 280 g/mol. The van der Waals surface area contributed by atoms with Crippen molar-refractivity contribution in [2.24, 2.45) is 0 Å². The first kappa shape index (κ1) is 17.6. The number of aromatic hydroxyl groups is 1. The lowest BCUT2D eigenvalue weighted by molar-refractivity contribution is 0.475. The molecular formula is C22H30O. The Bertz CT molecular complexity index is 587. The maximum Gasteiger partial charge on any atom is 0.115 e. The molecule has 0 saturated carbocycles. The van der Waals surface area contributed by atoms with Gasteiger partial charge in [0.25, 0.3) is 0 Å². The van der Waals surface area contributed by atoms with Crippen molar-refractivity contribution in [3.63, 3.8) is 0 Å². The molecule has 2 rings (SSSR count). The van der Waals surface area contributed by atoms with E-state index in [0.717, 1.165) is 0 Å². The minimum absolute atomic E-state index is 0.321. The molecule has 0 atom stereocenters. The number of benzene rings is 2. The van der Waals surface area contributed by atoms with E-state index in [1.54, 1.807) is 12.1 Å². The summed E-state index contributed by atoms with van der Waals surface area (Å²) in [4.78, 5) is 0. The highest BCUT2D eigenvalue weighted by Gasteiger charge is 2.07. The molecule has 0 fully saturated rings. The van der Waals surface area contributed by atoms with Crippen LogP contribution in [-0.2, 0) is 6.42 Å². The van der Waals surface area contributed by atoms with E-state index in [1.165, 1.54) is 72.8 Å². The van der Waals surface area contributed by atoms with Crippen LogP contribution in [0.4, 0.5) is 0 Å². The van der Waals surface area contributed by atoms with E-state index in [9.17, 15) is 5.11 Å². The molecule has 0 spiro atoms. The summed E-state index contributed by atoms with van der Waals surface area (Å²) in [5.41, 5.74) is 6.71. The second-order valence-corrected chi connectivity index (χ2v) is 6.65. The van der Waals surface area contributed by atoms with Crippen molar-refractivity contribution in [2.45, 2.75) is 65.7 Å². The van der Waals surface area contributed by atoms with Crippen LogP contribution in [0.1, 0.15) is 62.1 Å². The van der Waals surface area contributed by atoms with Crippen LogP contribution in [0, 0.1) is 13.8 Å². The fraction of sp³-hybridized carbons (Fsp3) is 0.455. The molecule has 0 amide bonds. The van der Waals surface area contributed by atoms with E-state index in [1.807, 2.05) is 12.1 Å². The average Bonchev–Trinajstić information content (AvgIpc) is 2.53. The zero-order valence-electron chi connectivity index (χ0n) is 14.9. The Hall–Kier alpha value is -1.76. The second kappa shape index (κ2) is 8.76. The Morgan fingerprint density at radius 3 is 1.91 bits per heavy atom. The first-order valence-electron chi connectivity index (χ1n) is 9.01. The molecule has 0 radical (unpaired) electrons. The van der Waals surface area contributed by atoms with Crippen molar-refractivity contribution in [2.75, 3.05) is 0 Å². The number of hydrogen-bond acceptors (Lipinski definition) is 1. The Labute approximate surface area is 141 Å². The van der Waals surface area contributed by atoms with Crippen molar-refractivity contribution >= 4 is 0 Å². The van der Waals surface area contributed by atoms with Gasteiger partial charge in [0.05, 0.1) is 0 Å². The van der Waals surface area contributed by atoms with Gasteiger partial charge in [0.1, 0.15) is 5.75 Å². The van der Waals surface area contributed by atoms with Crippen LogP contribution in [0.2, 0.25) is 0 Å². The van der Waals surface area contributed by atoms with Crippen molar-refractivity contribution in [3.05, 3.63) is 53.1 Å².